The average molecular weight is 424 g/mol. The quantitative estimate of drug-likeness (QED) is 0.541. The highest BCUT2D eigenvalue weighted by atomic mass is 16.5. The van der Waals surface area contributed by atoms with Crippen molar-refractivity contribution < 1.29 is 14.6 Å². The highest BCUT2D eigenvalue weighted by molar-refractivity contribution is 5.91. The molecule has 1 aromatic heterocycles. The van der Waals surface area contributed by atoms with Crippen LogP contribution in [0.1, 0.15) is 41.4 Å². The van der Waals surface area contributed by atoms with Crippen LogP contribution in [0.4, 0.5) is 0 Å². The van der Waals surface area contributed by atoms with Crippen LogP contribution >= 0.6 is 0 Å². The van der Waals surface area contributed by atoms with Crippen LogP contribution in [-0.2, 0) is 6.54 Å². The number of aliphatic hydroxyl groups excluding tert-OH is 1. The molecule has 1 aliphatic rings. The molecule has 1 atom stereocenters. The molecule has 8 heteroatoms. The first-order valence-corrected chi connectivity index (χ1v) is 10.8. The van der Waals surface area contributed by atoms with Gasteiger partial charge in [0.25, 0.3) is 5.91 Å². The van der Waals surface area contributed by atoms with E-state index in [0.717, 1.165) is 38.2 Å². The fourth-order valence-electron chi connectivity index (χ4n) is 4.22. The standard InChI is InChI=1S/C23H29N5O3/c1-31-22-10-9-17-6-2-3-8-19(17)20(22)15-27-12-4-7-18(14-27)28-16-21(25-26-28)23(30)24-11-5-13-29/h2-3,6,8-10,16,18,29H,4-5,7,11-15H2,1H3,(H,24,30). The van der Waals surface area contributed by atoms with Crippen molar-refractivity contribution in [3.8, 4) is 5.75 Å². The summed E-state index contributed by atoms with van der Waals surface area (Å²) in [6.45, 7) is 3.11. The van der Waals surface area contributed by atoms with Crippen molar-refractivity contribution in [2.45, 2.75) is 31.8 Å². The second-order valence-corrected chi connectivity index (χ2v) is 7.92. The van der Waals surface area contributed by atoms with Gasteiger partial charge in [0, 0.05) is 31.8 Å². The van der Waals surface area contributed by atoms with Crippen LogP contribution in [0.3, 0.4) is 0 Å². The molecule has 1 saturated heterocycles. The van der Waals surface area contributed by atoms with Gasteiger partial charge in [-0.3, -0.25) is 9.69 Å². The number of methoxy groups -OCH3 is 1. The second-order valence-electron chi connectivity index (χ2n) is 7.92. The minimum Gasteiger partial charge on any atom is -0.496 e. The topological polar surface area (TPSA) is 92.5 Å². The number of fused-ring (bicyclic) bond motifs is 1. The monoisotopic (exact) mass is 423 g/mol. The number of hydrogen-bond donors (Lipinski definition) is 2. The number of ether oxygens (including phenoxy) is 1. The molecule has 0 radical (unpaired) electrons. The Bertz CT molecular complexity index is 1030. The molecule has 4 rings (SSSR count). The van der Waals surface area contributed by atoms with E-state index in [4.69, 9.17) is 9.84 Å². The van der Waals surface area contributed by atoms with Gasteiger partial charge in [0.1, 0.15) is 5.75 Å². The molecule has 1 amide bonds. The Morgan fingerprint density at radius 2 is 2.16 bits per heavy atom. The first-order valence-electron chi connectivity index (χ1n) is 10.8. The Morgan fingerprint density at radius 1 is 1.29 bits per heavy atom. The number of nitrogens with one attached hydrogen (secondary N) is 1. The molecule has 0 bridgehead atoms. The highest BCUT2D eigenvalue weighted by Crippen LogP contribution is 2.31. The van der Waals surface area contributed by atoms with Gasteiger partial charge in [-0.15, -0.1) is 5.10 Å². The number of nitrogens with zero attached hydrogens (tertiary/aromatic N) is 4. The summed E-state index contributed by atoms with van der Waals surface area (Å²) in [4.78, 5) is 14.6. The smallest absolute Gasteiger partial charge is 0.273 e. The van der Waals surface area contributed by atoms with E-state index in [1.165, 1.54) is 16.3 Å². The molecule has 0 saturated carbocycles. The largest absolute Gasteiger partial charge is 0.496 e. The maximum atomic E-state index is 12.2. The Kier molecular flexibility index (Phi) is 6.79. The second kappa shape index (κ2) is 9.89. The summed E-state index contributed by atoms with van der Waals surface area (Å²) in [5, 5.41) is 22.3. The minimum absolute atomic E-state index is 0.0480. The molecule has 0 spiro atoms. The first kappa shape index (κ1) is 21.3. The Hall–Kier alpha value is -2.97. The average Bonchev–Trinajstić information content (AvgIpc) is 3.30. The molecule has 31 heavy (non-hydrogen) atoms. The van der Waals surface area contributed by atoms with E-state index in [9.17, 15) is 4.79 Å². The molecule has 8 nitrogen and oxygen atoms in total. The molecule has 0 aliphatic carbocycles. The maximum Gasteiger partial charge on any atom is 0.273 e. The maximum absolute atomic E-state index is 12.2. The lowest BCUT2D eigenvalue weighted by Gasteiger charge is -2.33. The van der Waals surface area contributed by atoms with Crippen molar-refractivity contribution >= 4 is 16.7 Å². The number of amides is 1. The predicted octanol–water partition coefficient (Wildman–Crippen LogP) is 2.39. The number of aromatic nitrogens is 3. The van der Waals surface area contributed by atoms with Crippen molar-refractivity contribution in [3.05, 3.63) is 53.9 Å². The molecule has 164 valence electrons. The van der Waals surface area contributed by atoms with E-state index in [0.29, 0.717) is 18.7 Å². The van der Waals surface area contributed by atoms with Gasteiger partial charge in [0.15, 0.2) is 5.69 Å². The molecular weight excluding hydrogens is 394 g/mol. The van der Waals surface area contributed by atoms with E-state index in [1.54, 1.807) is 13.3 Å². The summed E-state index contributed by atoms with van der Waals surface area (Å²) in [6.07, 6.45) is 4.30. The van der Waals surface area contributed by atoms with Gasteiger partial charge in [-0.2, -0.15) is 0 Å². The zero-order chi connectivity index (χ0) is 21.6. The summed E-state index contributed by atoms with van der Waals surface area (Å²) in [7, 11) is 1.72. The van der Waals surface area contributed by atoms with Gasteiger partial charge in [0.05, 0.1) is 19.3 Å². The van der Waals surface area contributed by atoms with Crippen LogP contribution in [0.5, 0.6) is 5.75 Å². The third kappa shape index (κ3) is 4.86. The number of benzene rings is 2. The van der Waals surface area contributed by atoms with Crippen LogP contribution in [0.2, 0.25) is 0 Å². The van der Waals surface area contributed by atoms with Crippen LogP contribution in [0.15, 0.2) is 42.6 Å². The van der Waals surface area contributed by atoms with Crippen molar-refractivity contribution in [3.63, 3.8) is 0 Å². The zero-order valence-electron chi connectivity index (χ0n) is 17.8. The molecule has 2 heterocycles. The van der Waals surface area contributed by atoms with E-state index in [2.05, 4.69) is 50.9 Å². The molecule has 1 aliphatic heterocycles. The van der Waals surface area contributed by atoms with E-state index < -0.39 is 0 Å². The van der Waals surface area contributed by atoms with Gasteiger partial charge in [-0.1, -0.05) is 35.5 Å². The number of piperidine rings is 1. The summed E-state index contributed by atoms with van der Waals surface area (Å²) in [5.41, 5.74) is 1.51. The van der Waals surface area contributed by atoms with E-state index in [-0.39, 0.29) is 18.6 Å². The van der Waals surface area contributed by atoms with Gasteiger partial charge in [-0.05, 0) is 42.6 Å². The number of carbonyl (C=O) groups excluding carboxylic acids is 1. The first-order chi connectivity index (χ1) is 15.2. The molecule has 1 unspecified atom stereocenters. The van der Waals surface area contributed by atoms with Crippen LogP contribution in [0, 0.1) is 0 Å². The van der Waals surface area contributed by atoms with Crippen molar-refractivity contribution in [1.29, 1.82) is 0 Å². The van der Waals surface area contributed by atoms with Crippen molar-refractivity contribution in [2.24, 2.45) is 0 Å². The lowest BCUT2D eigenvalue weighted by atomic mass is 10.0. The fourth-order valence-corrected chi connectivity index (χ4v) is 4.22. The van der Waals surface area contributed by atoms with Gasteiger partial charge in [0.2, 0.25) is 0 Å². The number of rotatable bonds is 8. The molecule has 2 N–H and O–H groups in total. The highest BCUT2D eigenvalue weighted by Gasteiger charge is 2.24. The number of aliphatic hydroxyl groups is 1. The third-order valence-corrected chi connectivity index (χ3v) is 5.82. The van der Waals surface area contributed by atoms with Crippen LogP contribution in [0.25, 0.3) is 10.8 Å². The van der Waals surface area contributed by atoms with Gasteiger partial charge in [-0.25, -0.2) is 4.68 Å². The molecular formula is C23H29N5O3. The molecule has 3 aromatic rings. The van der Waals surface area contributed by atoms with E-state index in [1.807, 2.05) is 10.7 Å². The lowest BCUT2D eigenvalue weighted by molar-refractivity contribution is 0.0946. The molecule has 1 fully saturated rings. The SMILES string of the molecule is COc1ccc2ccccc2c1CN1CCCC(n2cc(C(=O)NCCCO)nn2)C1. The lowest BCUT2D eigenvalue weighted by Crippen LogP contribution is -2.36. The Labute approximate surface area is 181 Å². The third-order valence-electron chi connectivity index (χ3n) is 5.82. The Morgan fingerprint density at radius 3 is 3.00 bits per heavy atom. The zero-order valence-corrected chi connectivity index (χ0v) is 17.8. The van der Waals surface area contributed by atoms with Gasteiger partial charge < -0.3 is 15.2 Å². The van der Waals surface area contributed by atoms with Crippen LogP contribution in [-0.4, -0.2) is 64.3 Å². The van der Waals surface area contributed by atoms with Gasteiger partial charge >= 0.3 is 0 Å². The van der Waals surface area contributed by atoms with Crippen molar-refractivity contribution in [2.75, 3.05) is 33.4 Å². The number of likely N-dealkylation sites (tertiary alicyclic amines) is 1. The summed E-state index contributed by atoms with van der Waals surface area (Å²) < 4.78 is 7.48. The fraction of sp³-hybridized carbons (Fsp3) is 0.435. The Balaban J connectivity index is 1.47. The molecule has 2 aromatic carbocycles. The minimum atomic E-state index is -0.257. The van der Waals surface area contributed by atoms with Crippen LogP contribution < -0.4 is 10.1 Å². The summed E-state index contributed by atoms with van der Waals surface area (Å²) in [6, 6.07) is 12.7. The summed E-state index contributed by atoms with van der Waals surface area (Å²) >= 11 is 0. The summed E-state index contributed by atoms with van der Waals surface area (Å²) in [5.74, 6) is 0.649. The predicted molar refractivity (Wildman–Crippen MR) is 118 cm³/mol. The number of carbonyl (C=O) groups is 1. The van der Waals surface area contributed by atoms with Crippen molar-refractivity contribution in [1.82, 2.24) is 25.2 Å². The number of hydrogen-bond acceptors (Lipinski definition) is 6. The van der Waals surface area contributed by atoms with E-state index >= 15 is 0 Å². The normalized spacial score (nSPS) is 17.0.